The molecule has 0 saturated heterocycles. The Morgan fingerprint density at radius 3 is 2.83 bits per heavy atom. The number of hydrogen-bond donors (Lipinski definition) is 1. The van der Waals surface area contributed by atoms with Crippen molar-refractivity contribution < 1.29 is 27.8 Å². The normalized spacial score (nSPS) is 19.8. The van der Waals surface area contributed by atoms with E-state index >= 15 is 0 Å². The number of aliphatic hydroxyl groups is 1. The van der Waals surface area contributed by atoms with E-state index < -0.39 is 6.36 Å². The second-order valence-corrected chi connectivity index (χ2v) is 7.42. The molecule has 0 radical (unpaired) electrons. The molecule has 1 aromatic heterocycles. The fourth-order valence-corrected chi connectivity index (χ4v) is 3.79. The molecule has 1 aliphatic carbocycles. The SMILES string of the molecule is Cn1cnc(C(=O)N(Cc2cccc(OC(F)(F)F)c2)[C@@H]2CCC[C@H](CO)C2)c1. The smallest absolute Gasteiger partial charge is 0.406 e. The van der Waals surface area contributed by atoms with E-state index in [1.54, 1.807) is 28.8 Å². The zero-order valence-corrected chi connectivity index (χ0v) is 16.1. The van der Waals surface area contributed by atoms with E-state index in [0.29, 0.717) is 12.0 Å². The van der Waals surface area contributed by atoms with E-state index in [0.717, 1.165) is 19.3 Å². The van der Waals surface area contributed by atoms with Crippen LogP contribution in [0, 0.1) is 5.92 Å². The number of amides is 1. The summed E-state index contributed by atoms with van der Waals surface area (Å²) in [6, 6.07) is 5.52. The molecule has 3 rings (SSSR count). The summed E-state index contributed by atoms with van der Waals surface area (Å²) in [5.41, 5.74) is 0.809. The quantitative estimate of drug-likeness (QED) is 0.790. The summed E-state index contributed by atoms with van der Waals surface area (Å²) >= 11 is 0. The Balaban J connectivity index is 1.85. The number of rotatable bonds is 6. The van der Waals surface area contributed by atoms with E-state index in [1.807, 2.05) is 0 Å². The summed E-state index contributed by atoms with van der Waals surface area (Å²) in [5.74, 6) is -0.499. The first-order valence-electron chi connectivity index (χ1n) is 9.49. The van der Waals surface area contributed by atoms with Crippen molar-refractivity contribution in [3.05, 3.63) is 48.0 Å². The van der Waals surface area contributed by atoms with Gasteiger partial charge < -0.3 is 19.3 Å². The maximum atomic E-state index is 13.1. The van der Waals surface area contributed by atoms with Crippen LogP contribution in [0.1, 0.15) is 41.7 Å². The Morgan fingerprint density at radius 1 is 1.38 bits per heavy atom. The van der Waals surface area contributed by atoms with Crippen LogP contribution >= 0.6 is 0 Å². The minimum atomic E-state index is -4.78. The first-order valence-corrected chi connectivity index (χ1v) is 9.49. The third-order valence-electron chi connectivity index (χ3n) is 5.12. The number of carbonyl (C=O) groups excluding carboxylic acids is 1. The molecule has 1 amide bonds. The second-order valence-electron chi connectivity index (χ2n) is 7.42. The number of alkyl halides is 3. The highest BCUT2D eigenvalue weighted by atomic mass is 19.4. The lowest BCUT2D eigenvalue weighted by atomic mass is 9.85. The predicted octanol–water partition coefficient (Wildman–Crippen LogP) is 3.51. The lowest BCUT2D eigenvalue weighted by molar-refractivity contribution is -0.274. The van der Waals surface area contributed by atoms with Gasteiger partial charge >= 0.3 is 6.36 Å². The van der Waals surface area contributed by atoms with Crippen molar-refractivity contribution in [1.29, 1.82) is 0 Å². The number of hydrogen-bond acceptors (Lipinski definition) is 4. The Morgan fingerprint density at radius 2 is 2.17 bits per heavy atom. The highest BCUT2D eigenvalue weighted by Crippen LogP contribution is 2.30. The van der Waals surface area contributed by atoms with Crippen LogP contribution in [0.4, 0.5) is 13.2 Å². The van der Waals surface area contributed by atoms with Gasteiger partial charge in [-0.1, -0.05) is 18.6 Å². The standard InChI is InChI=1S/C20H24F3N3O3/c1-25-11-18(24-13-25)19(28)26(16-6-2-5-15(8-16)12-27)10-14-4-3-7-17(9-14)29-20(21,22)23/h3-4,7,9,11,13,15-16,27H,2,5-6,8,10,12H2,1H3/t15-,16+/m0/s1. The Hall–Kier alpha value is -2.55. The van der Waals surface area contributed by atoms with E-state index in [9.17, 15) is 23.1 Å². The van der Waals surface area contributed by atoms with Gasteiger partial charge in [0.05, 0.1) is 6.33 Å². The Kier molecular flexibility index (Phi) is 6.46. The lowest BCUT2D eigenvalue weighted by Crippen LogP contribution is -2.43. The van der Waals surface area contributed by atoms with Gasteiger partial charge in [0.25, 0.3) is 5.91 Å². The minimum absolute atomic E-state index is 0.0526. The number of aromatic nitrogens is 2. The molecule has 0 unspecified atom stereocenters. The molecule has 6 nitrogen and oxygen atoms in total. The highest BCUT2D eigenvalue weighted by Gasteiger charge is 2.33. The number of aryl methyl sites for hydroxylation is 1. The van der Waals surface area contributed by atoms with E-state index in [2.05, 4.69) is 9.72 Å². The summed E-state index contributed by atoms with van der Waals surface area (Å²) < 4.78 is 43.3. The molecule has 1 N–H and O–H groups in total. The van der Waals surface area contributed by atoms with Crippen molar-refractivity contribution >= 4 is 5.91 Å². The van der Waals surface area contributed by atoms with Crippen molar-refractivity contribution in [3.8, 4) is 5.75 Å². The summed E-state index contributed by atoms with van der Waals surface area (Å²) in [7, 11) is 1.76. The van der Waals surface area contributed by atoms with Crippen molar-refractivity contribution in [2.24, 2.45) is 13.0 Å². The molecule has 2 atom stereocenters. The number of benzene rings is 1. The average molecular weight is 411 g/mol. The highest BCUT2D eigenvalue weighted by molar-refractivity contribution is 5.92. The van der Waals surface area contributed by atoms with Crippen LogP contribution in [0.2, 0.25) is 0 Å². The summed E-state index contributed by atoms with van der Waals surface area (Å²) in [6.45, 7) is 0.185. The van der Waals surface area contributed by atoms with Gasteiger partial charge in [-0.25, -0.2) is 4.98 Å². The number of carbonyl (C=O) groups is 1. The van der Waals surface area contributed by atoms with Crippen LogP contribution in [0.5, 0.6) is 5.75 Å². The number of halogens is 3. The fourth-order valence-electron chi connectivity index (χ4n) is 3.79. The third kappa shape index (κ3) is 5.72. The predicted molar refractivity (Wildman–Crippen MR) is 99.0 cm³/mol. The van der Waals surface area contributed by atoms with Crippen molar-refractivity contribution in [1.82, 2.24) is 14.5 Å². The summed E-state index contributed by atoms with van der Waals surface area (Å²) in [6.07, 6.45) is 1.56. The maximum absolute atomic E-state index is 13.1. The van der Waals surface area contributed by atoms with Crippen molar-refractivity contribution in [3.63, 3.8) is 0 Å². The third-order valence-corrected chi connectivity index (χ3v) is 5.12. The molecule has 1 aromatic carbocycles. The average Bonchev–Trinajstić information content (AvgIpc) is 3.11. The molecule has 1 aliphatic rings. The molecule has 29 heavy (non-hydrogen) atoms. The maximum Gasteiger partial charge on any atom is 0.573 e. The zero-order valence-electron chi connectivity index (χ0n) is 16.1. The summed E-state index contributed by atoms with van der Waals surface area (Å²) in [4.78, 5) is 18.9. The molecule has 2 aromatic rings. The first kappa shape index (κ1) is 21.2. The van der Waals surface area contributed by atoms with Gasteiger partial charge in [-0.2, -0.15) is 0 Å². The Labute approximate surface area is 166 Å². The molecule has 0 aliphatic heterocycles. The van der Waals surface area contributed by atoms with Crippen LogP contribution in [-0.2, 0) is 13.6 Å². The van der Waals surface area contributed by atoms with Gasteiger partial charge in [-0.15, -0.1) is 13.2 Å². The molecule has 9 heteroatoms. The van der Waals surface area contributed by atoms with Gasteiger partial charge in [0.15, 0.2) is 0 Å². The number of ether oxygens (including phenoxy) is 1. The molecular weight excluding hydrogens is 387 g/mol. The van der Waals surface area contributed by atoms with E-state index in [-0.39, 0.29) is 42.5 Å². The molecule has 0 bridgehead atoms. The second kappa shape index (κ2) is 8.86. The van der Waals surface area contributed by atoms with Crippen molar-refractivity contribution in [2.45, 2.75) is 44.6 Å². The van der Waals surface area contributed by atoms with Gasteiger partial charge in [0, 0.05) is 32.4 Å². The van der Waals surface area contributed by atoms with Gasteiger partial charge in [0.1, 0.15) is 11.4 Å². The van der Waals surface area contributed by atoms with Crippen LogP contribution in [0.3, 0.4) is 0 Å². The van der Waals surface area contributed by atoms with Gasteiger partial charge in [-0.05, 0) is 42.9 Å². The number of nitrogens with zero attached hydrogens (tertiary/aromatic N) is 3. The van der Waals surface area contributed by atoms with Gasteiger partial charge in [-0.3, -0.25) is 4.79 Å². The largest absolute Gasteiger partial charge is 0.573 e. The van der Waals surface area contributed by atoms with E-state index in [4.69, 9.17) is 0 Å². The van der Waals surface area contributed by atoms with E-state index in [1.165, 1.54) is 24.5 Å². The monoisotopic (exact) mass is 411 g/mol. The van der Waals surface area contributed by atoms with Crippen LogP contribution in [0.25, 0.3) is 0 Å². The van der Waals surface area contributed by atoms with Crippen molar-refractivity contribution in [2.75, 3.05) is 6.61 Å². The lowest BCUT2D eigenvalue weighted by Gasteiger charge is -2.37. The minimum Gasteiger partial charge on any atom is -0.406 e. The molecular formula is C20H24F3N3O3. The molecule has 1 fully saturated rings. The molecule has 0 spiro atoms. The summed E-state index contributed by atoms with van der Waals surface area (Å²) in [5, 5.41) is 9.54. The topological polar surface area (TPSA) is 67.6 Å². The molecule has 1 saturated carbocycles. The Bertz CT molecular complexity index is 838. The van der Waals surface area contributed by atoms with Crippen LogP contribution < -0.4 is 4.74 Å². The fraction of sp³-hybridized carbons (Fsp3) is 0.500. The molecule has 158 valence electrons. The number of aliphatic hydroxyl groups excluding tert-OH is 1. The molecule has 1 heterocycles. The van der Waals surface area contributed by atoms with Crippen LogP contribution in [-0.4, -0.2) is 44.5 Å². The van der Waals surface area contributed by atoms with Gasteiger partial charge in [0.2, 0.25) is 0 Å². The number of imidazole rings is 1. The zero-order chi connectivity index (χ0) is 21.0. The first-order chi connectivity index (χ1) is 13.7. The van der Waals surface area contributed by atoms with Crippen LogP contribution in [0.15, 0.2) is 36.8 Å².